The topological polar surface area (TPSA) is 49.7 Å². The van der Waals surface area contributed by atoms with Crippen molar-refractivity contribution in [2.75, 3.05) is 4.90 Å². The van der Waals surface area contributed by atoms with Crippen LogP contribution in [0.1, 0.15) is 38.3 Å². The summed E-state index contributed by atoms with van der Waals surface area (Å²) in [5, 5.41) is 0.110. The molecule has 1 aliphatic heterocycles. The van der Waals surface area contributed by atoms with Crippen molar-refractivity contribution in [3.8, 4) is 0 Å². The highest BCUT2D eigenvalue weighted by atomic mass is 35.5. The van der Waals surface area contributed by atoms with Crippen molar-refractivity contribution in [1.29, 1.82) is 0 Å². The second kappa shape index (κ2) is 7.89. The molecule has 2 aliphatic rings. The zero-order valence-electron chi connectivity index (χ0n) is 17.2. The first-order valence-electron chi connectivity index (χ1n) is 9.94. The minimum Gasteiger partial charge on any atom is -0.299 e. The largest absolute Gasteiger partial charge is 0.471 e. The van der Waals surface area contributed by atoms with Gasteiger partial charge in [0.25, 0.3) is 0 Å². The molecule has 0 bridgehead atoms. The van der Waals surface area contributed by atoms with E-state index in [9.17, 15) is 22.8 Å². The Morgan fingerprint density at radius 2 is 1.78 bits per heavy atom. The van der Waals surface area contributed by atoms with Crippen LogP contribution in [0, 0.1) is 11.3 Å². The second-order valence-electron chi connectivity index (χ2n) is 8.81. The van der Waals surface area contributed by atoms with Crippen LogP contribution in [0.4, 0.5) is 24.5 Å². The average Bonchev–Trinajstić information content (AvgIpc) is 2.82. The van der Waals surface area contributed by atoms with Crippen molar-refractivity contribution in [1.82, 2.24) is 0 Å². The predicted octanol–water partition coefficient (Wildman–Crippen LogP) is 6.72. The third-order valence-electron chi connectivity index (χ3n) is 5.78. The molecule has 0 aromatic heterocycles. The van der Waals surface area contributed by atoms with E-state index in [1.54, 1.807) is 6.07 Å². The van der Waals surface area contributed by atoms with Gasteiger partial charge in [-0.1, -0.05) is 61.3 Å². The third kappa shape index (κ3) is 3.92. The summed E-state index contributed by atoms with van der Waals surface area (Å²) in [6.45, 7) is 3.81. The number of hydrogen-bond acceptors (Lipinski definition) is 3. The number of nitrogens with zero attached hydrogens (tertiary/aromatic N) is 2. The Hall–Kier alpha value is -2.38. The number of amides is 1. The molecule has 0 N–H and O–H groups in total. The quantitative estimate of drug-likeness (QED) is 0.452. The van der Waals surface area contributed by atoms with Crippen molar-refractivity contribution in [3.05, 3.63) is 58.1 Å². The molecule has 1 amide bonds. The van der Waals surface area contributed by atoms with Crippen LogP contribution in [-0.4, -0.2) is 23.6 Å². The Balaban J connectivity index is 2.05. The highest BCUT2D eigenvalue weighted by molar-refractivity contribution is 6.42. The minimum atomic E-state index is -5.18. The van der Waals surface area contributed by atoms with Crippen molar-refractivity contribution in [3.63, 3.8) is 0 Å². The number of Topliss-reactive ketones (excluding diaryl/α,β-unsaturated/α-hetero) is 1. The number of halogens is 5. The van der Waals surface area contributed by atoms with E-state index in [4.69, 9.17) is 23.2 Å². The second-order valence-corrected chi connectivity index (χ2v) is 9.60. The minimum absolute atomic E-state index is 0.00416. The van der Waals surface area contributed by atoms with Gasteiger partial charge in [-0.15, -0.1) is 0 Å². The van der Waals surface area contributed by atoms with Gasteiger partial charge in [0.05, 0.1) is 33.4 Å². The summed E-state index contributed by atoms with van der Waals surface area (Å²) in [7, 11) is 0. The van der Waals surface area contributed by atoms with E-state index in [1.165, 1.54) is 36.4 Å². The molecule has 32 heavy (non-hydrogen) atoms. The van der Waals surface area contributed by atoms with Gasteiger partial charge in [-0.3, -0.25) is 19.5 Å². The van der Waals surface area contributed by atoms with Gasteiger partial charge in [-0.2, -0.15) is 13.2 Å². The summed E-state index contributed by atoms with van der Waals surface area (Å²) in [6, 6.07) is 9.24. The van der Waals surface area contributed by atoms with E-state index < -0.39 is 29.5 Å². The van der Waals surface area contributed by atoms with Gasteiger partial charge in [-0.05, 0) is 35.6 Å². The number of carbonyl (C=O) groups is 2. The number of anilines is 1. The maximum absolute atomic E-state index is 13.8. The summed E-state index contributed by atoms with van der Waals surface area (Å²) >= 11 is 12.6. The lowest BCUT2D eigenvalue weighted by Crippen LogP contribution is -2.50. The van der Waals surface area contributed by atoms with Crippen LogP contribution in [0.3, 0.4) is 0 Å². The molecule has 2 aromatic rings. The molecule has 0 radical (unpaired) electrons. The lowest BCUT2D eigenvalue weighted by atomic mass is 9.68. The molecule has 2 atom stereocenters. The molecule has 168 valence electrons. The first-order valence-corrected chi connectivity index (χ1v) is 10.7. The first kappa shape index (κ1) is 22.8. The van der Waals surface area contributed by atoms with Crippen LogP contribution < -0.4 is 4.90 Å². The number of benzene rings is 2. The molecule has 0 unspecified atom stereocenters. The number of rotatable bonds is 1. The molecule has 1 saturated carbocycles. The monoisotopic (exact) mass is 482 g/mol. The van der Waals surface area contributed by atoms with Gasteiger partial charge < -0.3 is 0 Å². The summed E-state index contributed by atoms with van der Waals surface area (Å²) in [4.78, 5) is 31.4. The molecule has 9 heteroatoms. The fourth-order valence-electron chi connectivity index (χ4n) is 4.55. The lowest BCUT2D eigenvalue weighted by molar-refractivity contribution is -0.171. The van der Waals surface area contributed by atoms with E-state index in [0.717, 1.165) is 0 Å². The van der Waals surface area contributed by atoms with E-state index >= 15 is 0 Å². The Morgan fingerprint density at radius 1 is 1.09 bits per heavy atom. The highest BCUT2D eigenvalue weighted by Crippen LogP contribution is 2.50. The molecular weight excluding hydrogens is 464 g/mol. The Morgan fingerprint density at radius 3 is 2.47 bits per heavy atom. The van der Waals surface area contributed by atoms with E-state index in [2.05, 4.69) is 4.99 Å². The van der Waals surface area contributed by atoms with Gasteiger partial charge in [-0.25, -0.2) is 0 Å². The van der Waals surface area contributed by atoms with Gasteiger partial charge in [0, 0.05) is 12.1 Å². The Bertz CT molecular complexity index is 1140. The van der Waals surface area contributed by atoms with Gasteiger partial charge in [0.2, 0.25) is 0 Å². The first-order chi connectivity index (χ1) is 14.9. The molecule has 1 aliphatic carbocycles. The molecule has 0 saturated heterocycles. The Kier molecular flexibility index (Phi) is 5.62. The normalized spacial score (nSPS) is 22.5. The van der Waals surface area contributed by atoms with Crippen LogP contribution in [0.2, 0.25) is 10.0 Å². The molecule has 2 aromatic carbocycles. The number of hydrogen-bond donors (Lipinski definition) is 0. The lowest BCUT2D eigenvalue weighted by Gasteiger charge is -2.41. The smallest absolute Gasteiger partial charge is 0.299 e. The van der Waals surface area contributed by atoms with Crippen molar-refractivity contribution in [2.45, 2.75) is 38.9 Å². The molecule has 0 spiro atoms. The van der Waals surface area contributed by atoms with Crippen LogP contribution in [0.15, 0.2) is 47.5 Å². The van der Waals surface area contributed by atoms with Crippen molar-refractivity contribution in [2.24, 2.45) is 16.3 Å². The third-order valence-corrected chi connectivity index (χ3v) is 6.61. The zero-order valence-corrected chi connectivity index (χ0v) is 18.7. The SMILES string of the molecule is CC1(C)CC(=O)[C@@H]2C(=Nc3ccccc3N(C(=O)C(F)(F)F)[C@H]2c2cccc(Cl)c2Cl)C1. The summed E-state index contributed by atoms with van der Waals surface area (Å²) < 4.78 is 41.4. The zero-order chi connectivity index (χ0) is 23.4. The molecule has 4 rings (SSSR count). The summed E-state index contributed by atoms with van der Waals surface area (Å²) in [5.41, 5.74) is 0.323. The Labute approximate surface area is 193 Å². The number of aliphatic imine (C=N–C) groups is 1. The number of ketones is 1. The predicted molar refractivity (Wildman–Crippen MR) is 118 cm³/mol. The number of fused-ring (bicyclic) bond motifs is 2. The maximum Gasteiger partial charge on any atom is 0.471 e. The fraction of sp³-hybridized carbons (Fsp3) is 0.348. The van der Waals surface area contributed by atoms with E-state index in [1.807, 2.05) is 13.8 Å². The molecule has 4 nitrogen and oxygen atoms in total. The summed E-state index contributed by atoms with van der Waals surface area (Å²) in [5.74, 6) is -3.48. The maximum atomic E-state index is 13.8. The van der Waals surface area contributed by atoms with Crippen molar-refractivity contribution < 1.29 is 22.8 Å². The van der Waals surface area contributed by atoms with Gasteiger partial charge in [0.1, 0.15) is 5.78 Å². The van der Waals surface area contributed by atoms with Crippen LogP contribution in [0.25, 0.3) is 0 Å². The van der Waals surface area contributed by atoms with Gasteiger partial charge >= 0.3 is 12.1 Å². The van der Waals surface area contributed by atoms with E-state index in [0.29, 0.717) is 17.0 Å². The van der Waals surface area contributed by atoms with E-state index in [-0.39, 0.29) is 39.2 Å². The van der Waals surface area contributed by atoms with Crippen LogP contribution in [-0.2, 0) is 9.59 Å². The summed E-state index contributed by atoms with van der Waals surface area (Å²) in [6.07, 6.45) is -4.66. The molecule has 1 heterocycles. The number of alkyl halides is 3. The van der Waals surface area contributed by atoms with Crippen LogP contribution >= 0.6 is 23.2 Å². The highest BCUT2D eigenvalue weighted by Gasteiger charge is 2.53. The standard InChI is InChI=1S/C23H19Cl2F3N2O2/c1-22(2)10-15-18(17(31)11-22)20(12-6-5-7-13(24)19(12)25)30(21(32)23(26,27)28)16-9-4-3-8-14(16)29-15/h3-9,18,20H,10-11H2,1-2H3/t18-,20-/m0/s1. The average molecular weight is 483 g/mol. The molecular formula is C23H19Cl2F3N2O2. The fourth-order valence-corrected chi connectivity index (χ4v) is 4.97. The van der Waals surface area contributed by atoms with Crippen molar-refractivity contribution >= 4 is 52.0 Å². The van der Waals surface area contributed by atoms with Crippen LogP contribution in [0.5, 0.6) is 0 Å². The van der Waals surface area contributed by atoms with Gasteiger partial charge in [0.15, 0.2) is 0 Å². The molecule has 1 fully saturated rings. The number of para-hydroxylation sites is 2. The number of carbonyl (C=O) groups excluding carboxylic acids is 2.